The van der Waals surface area contributed by atoms with Gasteiger partial charge < -0.3 is 5.32 Å². The Morgan fingerprint density at radius 2 is 2.43 bits per heavy atom. The summed E-state index contributed by atoms with van der Waals surface area (Å²) in [5.74, 6) is 2.14. The molecule has 0 bridgehead atoms. The van der Waals surface area contributed by atoms with Gasteiger partial charge in [0.15, 0.2) is 0 Å². The molecule has 1 aromatic rings. The van der Waals surface area contributed by atoms with Crippen LogP contribution in [0.5, 0.6) is 0 Å². The van der Waals surface area contributed by atoms with Gasteiger partial charge >= 0.3 is 0 Å². The molecule has 1 heterocycles. The molecule has 1 rings (SSSR count). The van der Waals surface area contributed by atoms with E-state index >= 15 is 0 Å². The molecule has 4 nitrogen and oxygen atoms in total. The molecule has 80 valence electrons. The maximum atomic E-state index is 4.16. The normalized spacial score (nSPS) is 13.1. The number of aryl methyl sites for hydroxylation is 1. The Labute approximate surface area is 89.5 Å². The molecule has 0 aliphatic carbocycles. The van der Waals surface area contributed by atoms with E-state index in [0.717, 1.165) is 24.5 Å². The van der Waals surface area contributed by atoms with Crippen molar-refractivity contribution in [3.63, 3.8) is 0 Å². The van der Waals surface area contributed by atoms with Crippen molar-refractivity contribution in [2.45, 2.75) is 25.9 Å². The van der Waals surface area contributed by atoms with E-state index in [0.29, 0.717) is 6.04 Å². The van der Waals surface area contributed by atoms with Crippen molar-refractivity contribution in [3.05, 3.63) is 12.2 Å². The van der Waals surface area contributed by atoms with Crippen molar-refractivity contribution in [1.82, 2.24) is 20.1 Å². The van der Waals surface area contributed by atoms with Crippen LogP contribution in [0.15, 0.2) is 6.33 Å². The van der Waals surface area contributed by atoms with Crippen molar-refractivity contribution in [1.29, 1.82) is 0 Å². The number of nitrogens with one attached hydrogen (secondary N) is 1. The van der Waals surface area contributed by atoms with Crippen LogP contribution < -0.4 is 5.32 Å². The molecular weight excluding hydrogens is 196 g/mol. The minimum Gasteiger partial charge on any atom is -0.306 e. The summed E-state index contributed by atoms with van der Waals surface area (Å²) in [6, 6.07) is 0.571. The molecule has 1 atom stereocenters. The minimum atomic E-state index is 0.571. The third kappa shape index (κ3) is 3.31. The van der Waals surface area contributed by atoms with Gasteiger partial charge in [0.25, 0.3) is 0 Å². The summed E-state index contributed by atoms with van der Waals surface area (Å²) >= 11 is 1.87. The van der Waals surface area contributed by atoms with Gasteiger partial charge in [0.1, 0.15) is 12.2 Å². The summed E-state index contributed by atoms with van der Waals surface area (Å²) < 4.78 is 1.80. The van der Waals surface area contributed by atoms with Gasteiger partial charge in [0.2, 0.25) is 0 Å². The van der Waals surface area contributed by atoms with Gasteiger partial charge in [-0.2, -0.15) is 16.9 Å². The second kappa shape index (κ2) is 6.03. The van der Waals surface area contributed by atoms with Gasteiger partial charge in [-0.25, -0.2) is 4.98 Å². The van der Waals surface area contributed by atoms with E-state index in [9.17, 15) is 0 Å². The maximum absolute atomic E-state index is 4.16. The van der Waals surface area contributed by atoms with Crippen LogP contribution in [0.3, 0.4) is 0 Å². The number of nitrogens with zero attached hydrogens (tertiary/aromatic N) is 3. The second-order valence-electron chi connectivity index (χ2n) is 3.24. The van der Waals surface area contributed by atoms with E-state index < -0.39 is 0 Å². The molecule has 0 radical (unpaired) electrons. The molecular formula is C9H18N4S. The third-order valence-corrected chi connectivity index (χ3v) is 2.95. The van der Waals surface area contributed by atoms with Crippen LogP contribution in [0.25, 0.3) is 0 Å². The Hall–Kier alpha value is -0.550. The van der Waals surface area contributed by atoms with Crippen LogP contribution >= 0.6 is 11.8 Å². The van der Waals surface area contributed by atoms with Crippen LogP contribution in [0.2, 0.25) is 0 Å². The quantitative estimate of drug-likeness (QED) is 0.768. The van der Waals surface area contributed by atoms with Crippen LogP contribution in [0.4, 0.5) is 0 Å². The summed E-state index contributed by atoms with van der Waals surface area (Å²) in [6.45, 7) is 3.00. The number of thioether (sulfide) groups is 1. The summed E-state index contributed by atoms with van der Waals surface area (Å²) in [5, 5.41) is 7.50. The van der Waals surface area contributed by atoms with Crippen molar-refractivity contribution in [2.24, 2.45) is 7.05 Å². The molecule has 0 aromatic carbocycles. The summed E-state index contributed by atoms with van der Waals surface area (Å²) in [4.78, 5) is 4.16. The molecule has 0 amide bonds. The lowest BCUT2D eigenvalue weighted by atomic mass is 10.2. The van der Waals surface area contributed by atoms with Crippen LogP contribution in [0.1, 0.15) is 19.2 Å². The van der Waals surface area contributed by atoms with E-state index in [1.54, 1.807) is 11.0 Å². The average molecular weight is 214 g/mol. The summed E-state index contributed by atoms with van der Waals surface area (Å²) in [6.07, 6.45) is 4.87. The van der Waals surface area contributed by atoms with E-state index in [1.165, 1.54) is 0 Å². The van der Waals surface area contributed by atoms with Gasteiger partial charge in [-0.05, 0) is 12.7 Å². The van der Waals surface area contributed by atoms with Gasteiger partial charge in [-0.3, -0.25) is 4.68 Å². The number of hydrogen-bond donors (Lipinski definition) is 1. The van der Waals surface area contributed by atoms with E-state index in [4.69, 9.17) is 0 Å². The first kappa shape index (κ1) is 11.5. The fourth-order valence-electron chi connectivity index (χ4n) is 1.24. The number of hydrogen-bond acceptors (Lipinski definition) is 4. The van der Waals surface area contributed by atoms with Crippen molar-refractivity contribution >= 4 is 11.8 Å². The molecule has 1 unspecified atom stereocenters. The van der Waals surface area contributed by atoms with Gasteiger partial charge in [-0.15, -0.1) is 0 Å². The van der Waals surface area contributed by atoms with E-state index in [-0.39, 0.29) is 0 Å². The average Bonchev–Trinajstić information content (AvgIpc) is 2.59. The highest BCUT2D eigenvalue weighted by Crippen LogP contribution is 2.02. The molecule has 14 heavy (non-hydrogen) atoms. The zero-order valence-corrected chi connectivity index (χ0v) is 9.84. The second-order valence-corrected chi connectivity index (χ2v) is 4.15. The number of rotatable bonds is 6. The monoisotopic (exact) mass is 214 g/mol. The van der Waals surface area contributed by atoms with E-state index in [1.807, 2.05) is 18.8 Å². The zero-order chi connectivity index (χ0) is 10.4. The lowest BCUT2D eigenvalue weighted by molar-refractivity contribution is 0.516. The highest BCUT2D eigenvalue weighted by molar-refractivity contribution is 7.98. The molecule has 0 saturated heterocycles. The lowest BCUT2D eigenvalue weighted by Gasteiger charge is -2.14. The molecule has 0 aliphatic rings. The van der Waals surface area contributed by atoms with Gasteiger partial charge in [0, 0.05) is 18.8 Å². The molecule has 5 heteroatoms. The van der Waals surface area contributed by atoms with Crippen LogP contribution in [-0.4, -0.2) is 32.8 Å². The van der Waals surface area contributed by atoms with Crippen molar-refractivity contribution < 1.29 is 0 Å². The molecule has 0 fully saturated rings. The highest BCUT2D eigenvalue weighted by Gasteiger charge is 2.06. The Kier molecular flexibility index (Phi) is 4.97. The van der Waals surface area contributed by atoms with E-state index in [2.05, 4.69) is 28.6 Å². The minimum absolute atomic E-state index is 0.571. The van der Waals surface area contributed by atoms with Gasteiger partial charge in [-0.1, -0.05) is 6.92 Å². The molecule has 1 aromatic heterocycles. The molecule has 1 N–H and O–H groups in total. The van der Waals surface area contributed by atoms with Crippen LogP contribution in [-0.2, 0) is 13.6 Å². The molecule has 0 aliphatic heterocycles. The summed E-state index contributed by atoms with van der Waals surface area (Å²) in [7, 11) is 1.92. The predicted octanol–water partition coefficient (Wildman–Crippen LogP) is 1.05. The number of aromatic nitrogens is 3. The SMILES string of the molecule is CCC(CSC)NCc1ncnn1C. The zero-order valence-electron chi connectivity index (χ0n) is 9.03. The van der Waals surface area contributed by atoms with Crippen molar-refractivity contribution in [3.8, 4) is 0 Å². The predicted molar refractivity (Wildman–Crippen MR) is 60.3 cm³/mol. The fraction of sp³-hybridized carbons (Fsp3) is 0.778. The van der Waals surface area contributed by atoms with Crippen molar-refractivity contribution in [2.75, 3.05) is 12.0 Å². The first-order valence-corrected chi connectivity index (χ1v) is 6.22. The Balaban J connectivity index is 2.35. The Morgan fingerprint density at radius 3 is 2.93 bits per heavy atom. The van der Waals surface area contributed by atoms with Crippen LogP contribution in [0, 0.1) is 0 Å². The fourth-order valence-corrected chi connectivity index (χ4v) is 1.99. The smallest absolute Gasteiger partial charge is 0.140 e. The summed E-state index contributed by atoms with van der Waals surface area (Å²) in [5.41, 5.74) is 0. The first-order chi connectivity index (χ1) is 6.77. The Bertz CT molecular complexity index is 261. The maximum Gasteiger partial charge on any atom is 0.140 e. The Morgan fingerprint density at radius 1 is 1.64 bits per heavy atom. The molecule has 0 saturated carbocycles. The molecule has 0 spiro atoms. The largest absolute Gasteiger partial charge is 0.306 e. The highest BCUT2D eigenvalue weighted by atomic mass is 32.2. The van der Waals surface area contributed by atoms with Gasteiger partial charge in [0.05, 0.1) is 6.54 Å². The standard InChI is InChI=1S/C9H18N4S/c1-4-8(6-14-3)10-5-9-11-7-12-13(9)2/h7-8,10H,4-6H2,1-3H3. The topological polar surface area (TPSA) is 42.7 Å². The lowest BCUT2D eigenvalue weighted by Crippen LogP contribution is -2.31. The first-order valence-electron chi connectivity index (χ1n) is 4.83. The third-order valence-electron chi connectivity index (χ3n) is 2.21.